The van der Waals surface area contributed by atoms with Crippen molar-refractivity contribution in [2.45, 2.75) is 90.3 Å². The highest BCUT2D eigenvalue weighted by Crippen LogP contribution is 2.41. The average Bonchev–Trinajstić information content (AvgIpc) is 1.66. The third-order valence-corrected chi connectivity index (χ3v) is 16.9. The summed E-state index contributed by atoms with van der Waals surface area (Å²) in [6.45, 7) is 16.8. The van der Waals surface area contributed by atoms with Crippen molar-refractivity contribution in [3.8, 4) is 23.0 Å². The van der Waals surface area contributed by atoms with E-state index in [9.17, 15) is 38.4 Å². The van der Waals surface area contributed by atoms with Crippen molar-refractivity contribution in [3.63, 3.8) is 0 Å². The summed E-state index contributed by atoms with van der Waals surface area (Å²) in [5.41, 5.74) is 5.19. The summed E-state index contributed by atoms with van der Waals surface area (Å²) >= 11 is 0. The topological polar surface area (TPSA) is 318 Å². The highest BCUT2D eigenvalue weighted by molar-refractivity contribution is 6.13. The molecule has 0 aliphatic carbocycles. The summed E-state index contributed by atoms with van der Waals surface area (Å²) in [6.07, 6.45) is 11.2. The van der Waals surface area contributed by atoms with Crippen LogP contribution in [0.15, 0.2) is 89.0 Å². The zero-order chi connectivity index (χ0) is 71.9. The van der Waals surface area contributed by atoms with E-state index < -0.39 is 23.8 Å². The van der Waals surface area contributed by atoms with Gasteiger partial charge in [-0.2, -0.15) is 0 Å². The lowest BCUT2D eigenvalue weighted by molar-refractivity contribution is -0.137. The fourth-order valence-corrected chi connectivity index (χ4v) is 11.4. The maximum Gasteiger partial charge on any atom is 0.260 e. The van der Waals surface area contributed by atoms with Crippen molar-refractivity contribution in [1.82, 2.24) is 25.3 Å². The minimum Gasteiger partial charge on any atom is -0.493 e. The number of anilines is 1. The SMILES string of the molecule is C=C1C[C@H]2C=Nc3cc(OCCCCCOc4cc5c(cc4OC)C(=O)N4C=C(c6ccc(NC(=O)[C@H](C)CC(=O)[C@@H](NC(=O)CCOCCOCCOCCOCCOCCOCCOCCOCCNC(=O)CCN7C(=O)C=CC7=O)C(C)C)cc6)C[C@H]4C=N5)c(OC)cc3C(=O)N2C1. The van der Waals surface area contributed by atoms with Gasteiger partial charge < -0.3 is 82.6 Å². The monoisotopic (exact) mass is 1400 g/mol. The molecule has 8 rings (SSSR count). The molecule has 7 amide bonds. The number of hydrogen-bond donors (Lipinski definition) is 3. The lowest BCUT2D eigenvalue weighted by Crippen LogP contribution is -2.45. The zero-order valence-corrected chi connectivity index (χ0v) is 58.5. The quantitative estimate of drug-likeness (QED) is 0.0312. The number of imide groups is 1. The van der Waals surface area contributed by atoms with Crippen LogP contribution in [-0.4, -0.2) is 245 Å². The molecule has 1 saturated heterocycles. The van der Waals surface area contributed by atoms with Crippen LogP contribution in [0.4, 0.5) is 17.1 Å². The first-order valence-corrected chi connectivity index (χ1v) is 34.5. The Morgan fingerprint density at radius 1 is 0.574 bits per heavy atom. The highest BCUT2D eigenvalue weighted by atomic mass is 16.6. The van der Waals surface area contributed by atoms with E-state index in [4.69, 9.17) is 61.8 Å². The molecule has 28 heteroatoms. The number of aliphatic imine (C=N–C) groups is 2. The third-order valence-electron chi connectivity index (χ3n) is 16.9. The Labute approximate surface area is 589 Å². The van der Waals surface area contributed by atoms with Crippen LogP contribution in [0.2, 0.25) is 0 Å². The van der Waals surface area contributed by atoms with Crippen LogP contribution in [0.1, 0.15) is 98.4 Å². The second-order valence-corrected chi connectivity index (χ2v) is 24.8. The van der Waals surface area contributed by atoms with Crippen molar-refractivity contribution in [3.05, 3.63) is 95.7 Å². The molecular weight excluding hydrogens is 1310 g/mol. The molecule has 0 radical (unpaired) electrons. The molecule has 0 spiro atoms. The molecule has 0 unspecified atom stereocenters. The molecule has 548 valence electrons. The second kappa shape index (κ2) is 41.2. The molecule has 4 atom stereocenters. The van der Waals surface area contributed by atoms with Crippen molar-refractivity contribution < 1.29 is 95.2 Å². The van der Waals surface area contributed by atoms with Crippen molar-refractivity contribution >= 4 is 82.2 Å². The molecule has 3 aromatic rings. The number of Topliss-reactive ketones (excluding diaryl/α,β-unsaturated/α-hetero) is 1. The highest BCUT2D eigenvalue weighted by Gasteiger charge is 2.36. The number of fused-ring (bicyclic) bond motifs is 4. The van der Waals surface area contributed by atoms with E-state index in [1.165, 1.54) is 19.3 Å². The van der Waals surface area contributed by atoms with Crippen LogP contribution in [0.25, 0.3) is 5.57 Å². The van der Waals surface area contributed by atoms with E-state index in [1.54, 1.807) is 72.7 Å². The van der Waals surface area contributed by atoms with Gasteiger partial charge in [-0.1, -0.05) is 45.1 Å². The number of nitrogens with one attached hydrogen (secondary N) is 3. The number of hydrogen-bond acceptors (Lipinski definition) is 22. The number of rotatable bonds is 48. The number of carbonyl (C=O) groups is 8. The molecule has 0 saturated carbocycles. The molecule has 1 fully saturated rings. The Kier molecular flexibility index (Phi) is 31.8. The largest absolute Gasteiger partial charge is 0.493 e. The molecule has 3 aromatic carbocycles. The Hall–Kier alpha value is -8.74. The first-order chi connectivity index (χ1) is 49.0. The van der Waals surface area contributed by atoms with Gasteiger partial charge in [0.25, 0.3) is 23.6 Å². The van der Waals surface area contributed by atoms with Crippen LogP contribution in [0.5, 0.6) is 23.0 Å². The number of methoxy groups -OCH3 is 2. The number of amides is 7. The van der Waals surface area contributed by atoms with Gasteiger partial charge in [0.1, 0.15) is 0 Å². The second-order valence-electron chi connectivity index (χ2n) is 24.8. The molecule has 3 N–H and O–H groups in total. The summed E-state index contributed by atoms with van der Waals surface area (Å²) in [7, 11) is 3.08. The number of ether oxygens (including phenoxy) is 12. The van der Waals surface area contributed by atoms with Crippen LogP contribution >= 0.6 is 0 Å². The third kappa shape index (κ3) is 24.2. The first-order valence-electron chi connectivity index (χ1n) is 34.5. The fraction of sp³-hybridized carbons (Fsp3) is 0.534. The van der Waals surface area contributed by atoms with Crippen molar-refractivity contribution in [1.29, 1.82) is 0 Å². The normalized spacial score (nSPS) is 16.6. The molecule has 5 heterocycles. The van der Waals surface area contributed by atoms with Gasteiger partial charge in [-0.25, -0.2) is 0 Å². The fourth-order valence-electron chi connectivity index (χ4n) is 11.4. The molecule has 0 aromatic heterocycles. The summed E-state index contributed by atoms with van der Waals surface area (Å²) in [5, 5.41) is 8.42. The lowest BCUT2D eigenvalue weighted by atomic mass is 9.92. The van der Waals surface area contributed by atoms with Gasteiger partial charge in [0.15, 0.2) is 28.8 Å². The summed E-state index contributed by atoms with van der Waals surface area (Å²) in [4.78, 5) is 116. The average molecular weight is 1410 g/mol. The Morgan fingerprint density at radius 3 is 1.60 bits per heavy atom. The molecule has 5 aliphatic heterocycles. The maximum atomic E-state index is 14.1. The predicted octanol–water partition coefficient (Wildman–Crippen LogP) is 6.42. The van der Waals surface area contributed by atoms with Gasteiger partial charge in [0.2, 0.25) is 17.7 Å². The lowest BCUT2D eigenvalue weighted by Gasteiger charge is -2.23. The number of nitrogens with zero attached hydrogens (tertiary/aromatic N) is 5. The maximum absolute atomic E-state index is 14.1. The van der Waals surface area contributed by atoms with Crippen LogP contribution in [-0.2, 0) is 66.7 Å². The minimum absolute atomic E-state index is 0.0296. The summed E-state index contributed by atoms with van der Waals surface area (Å²) in [6, 6.07) is 12.9. The number of ketones is 1. The Balaban J connectivity index is 0.613. The summed E-state index contributed by atoms with van der Waals surface area (Å²) < 4.78 is 67.7. The summed E-state index contributed by atoms with van der Waals surface area (Å²) in [5.74, 6) is -1.40. The molecule has 28 nitrogen and oxygen atoms in total. The molecule has 101 heavy (non-hydrogen) atoms. The standard InChI is InChI=1S/C73H96N8O20/c1-49(2)70(78-67(84)17-22-92-24-26-94-28-30-96-32-34-98-36-37-99-35-33-97-31-29-95-27-25-93-23-18-74-66(83)16-19-79-68(85)14-15-69(79)86)61(82)39-51(4)71(87)77-54-12-10-52(11-13-54)53-40-56-46-76-60-44-65(63(91-6)42-58(60)73(89)81(56)48-53)101-21-9-7-8-20-100-64-43-59-57(41-62(64)90-5)72(88)80-47-50(3)38-55(80)45-75-59/h10-15,41-46,48-49,51,55-56,70H,3,7-9,16-40,47H2,1-2,4-6H3,(H,74,83)(H,77,87)(H,78,84)/t51-,55+,56+,70+/m1/s1. The molecular formula is C73H96N8O20. The Morgan fingerprint density at radius 2 is 1.08 bits per heavy atom. The van der Waals surface area contributed by atoms with E-state index in [0.717, 1.165) is 40.9 Å². The molecule has 5 aliphatic rings. The number of unbranched alkanes of at least 4 members (excludes halogenated alkanes) is 2. The Bertz CT molecular complexity index is 3430. The van der Waals surface area contributed by atoms with Gasteiger partial charge in [-0.05, 0) is 67.0 Å². The van der Waals surface area contributed by atoms with Crippen LogP contribution < -0.4 is 34.9 Å². The number of carbonyl (C=O) groups excluding carboxylic acids is 8. The van der Waals surface area contributed by atoms with Gasteiger partial charge in [0, 0.05) is 99.8 Å². The molecule has 0 bridgehead atoms. The van der Waals surface area contributed by atoms with E-state index in [0.29, 0.717) is 183 Å². The number of benzene rings is 3. The van der Waals surface area contributed by atoms with E-state index in [1.807, 2.05) is 32.2 Å². The minimum atomic E-state index is -0.785. The van der Waals surface area contributed by atoms with Gasteiger partial charge in [0.05, 0.1) is 174 Å². The van der Waals surface area contributed by atoms with E-state index >= 15 is 0 Å². The van der Waals surface area contributed by atoms with Crippen LogP contribution in [0, 0.1) is 11.8 Å². The van der Waals surface area contributed by atoms with Crippen molar-refractivity contribution in [2.75, 3.05) is 158 Å². The van der Waals surface area contributed by atoms with Gasteiger partial charge in [-0.3, -0.25) is 53.2 Å². The predicted molar refractivity (Wildman–Crippen MR) is 374 cm³/mol. The van der Waals surface area contributed by atoms with Crippen LogP contribution in [0.3, 0.4) is 0 Å². The van der Waals surface area contributed by atoms with E-state index in [-0.39, 0.29) is 92.3 Å². The first kappa shape index (κ1) is 78.0. The smallest absolute Gasteiger partial charge is 0.260 e. The van der Waals surface area contributed by atoms with Gasteiger partial charge >= 0.3 is 0 Å². The van der Waals surface area contributed by atoms with E-state index in [2.05, 4.69) is 27.5 Å². The van der Waals surface area contributed by atoms with Crippen molar-refractivity contribution in [2.24, 2.45) is 21.8 Å². The zero-order valence-electron chi connectivity index (χ0n) is 58.5. The van der Waals surface area contributed by atoms with Gasteiger partial charge in [-0.15, -0.1) is 0 Å².